The molecular weight excluding hydrogens is 256 g/mol. The van der Waals surface area contributed by atoms with Crippen LogP contribution in [-0.2, 0) is 9.53 Å². The van der Waals surface area contributed by atoms with Crippen LogP contribution in [0.2, 0.25) is 0 Å². The predicted octanol–water partition coefficient (Wildman–Crippen LogP) is -1.04. The van der Waals surface area contributed by atoms with Crippen molar-refractivity contribution in [3.63, 3.8) is 0 Å². The number of hydrogen-bond donors (Lipinski definition) is 4. The Hall–Kier alpha value is -1.67. The van der Waals surface area contributed by atoms with E-state index < -0.39 is 36.7 Å². The van der Waals surface area contributed by atoms with Crippen molar-refractivity contribution in [3.05, 3.63) is 30.3 Å². The Balaban J connectivity index is 2.13. The minimum Gasteiger partial charge on any atom is -0.479 e. The number of aliphatic hydroxyl groups is 3. The molecule has 19 heavy (non-hydrogen) atoms. The fraction of sp³-hybridized carbons (Fsp3) is 0.417. The highest BCUT2D eigenvalue weighted by Gasteiger charge is 2.48. The van der Waals surface area contributed by atoms with Crippen LogP contribution in [0, 0.1) is 0 Å². The molecule has 4 N–H and O–H groups in total. The van der Waals surface area contributed by atoms with Gasteiger partial charge in [0.05, 0.1) is 0 Å². The Morgan fingerprint density at radius 3 is 2.26 bits per heavy atom. The fourth-order valence-corrected chi connectivity index (χ4v) is 1.78. The molecule has 1 heterocycles. The van der Waals surface area contributed by atoms with Crippen molar-refractivity contribution in [1.29, 1.82) is 0 Å². The van der Waals surface area contributed by atoms with Gasteiger partial charge in [0.25, 0.3) is 0 Å². The van der Waals surface area contributed by atoms with Crippen molar-refractivity contribution in [2.45, 2.75) is 30.7 Å². The summed E-state index contributed by atoms with van der Waals surface area (Å²) in [7, 11) is 0. The lowest BCUT2D eigenvalue weighted by molar-refractivity contribution is -0.271. The van der Waals surface area contributed by atoms with Crippen molar-refractivity contribution in [2.75, 3.05) is 0 Å². The van der Waals surface area contributed by atoms with Gasteiger partial charge in [-0.1, -0.05) is 18.2 Å². The predicted molar refractivity (Wildman–Crippen MR) is 61.4 cm³/mol. The SMILES string of the molecule is O=C(O)C1O[C@@H](Oc2ccccc2)C(O)C(O)[C@H]1O. The minimum atomic E-state index is -1.72. The fourth-order valence-electron chi connectivity index (χ4n) is 1.78. The first-order valence-corrected chi connectivity index (χ1v) is 5.65. The van der Waals surface area contributed by atoms with E-state index in [-0.39, 0.29) is 0 Å². The molecule has 104 valence electrons. The highest BCUT2D eigenvalue weighted by atomic mass is 16.7. The van der Waals surface area contributed by atoms with E-state index in [4.69, 9.17) is 14.6 Å². The first-order chi connectivity index (χ1) is 9.00. The van der Waals surface area contributed by atoms with Gasteiger partial charge >= 0.3 is 5.97 Å². The molecule has 0 radical (unpaired) electrons. The summed E-state index contributed by atoms with van der Waals surface area (Å²) in [5.74, 6) is -1.10. The summed E-state index contributed by atoms with van der Waals surface area (Å²) in [4.78, 5) is 10.9. The molecule has 0 aliphatic carbocycles. The largest absolute Gasteiger partial charge is 0.479 e. The van der Waals surface area contributed by atoms with Gasteiger partial charge in [-0.3, -0.25) is 0 Å². The number of carboxylic acids is 1. The van der Waals surface area contributed by atoms with Crippen LogP contribution in [0.25, 0.3) is 0 Å². The molecule has 7 nitrogen and oxygen atoms in total. The highest BCUT2D eigenvalue weighted by molar-refractivity contribution is 5.73. The Kier molecular flexibility index (Phi) is 4.01. The third-order valence-electron chi connectivity index (χ3n) is 2.81. The number of rotatable bonds is 3. The normalized spacial score (nSPS) is 34.8. The molecule has 1 fully saturated rings. The Bertz CT molecular complexity index is 435. The molecule has 5 atom stereocenters. The molecule has 0 saturated carbocycles. The molecule has 3 unspecified atom stereocenters. The molecule has 1 aromatic carbocycles. The lowest BCUT2D eigenvalue weighted by atomic mass is 9.99. The van der Waals surface area contributed by atoms with Crippen LogP contribution in [0.1, 0.15) is 0 Å². The summed E-state index contributed by atoms with van der Waals surface area (Å²) in [6, 6.07) is 8.30. The molecule has 0 bridgehead atoms. The summed E-state index contributed by atoms with van der Waals surface area (Å²) in [6.45, 7) is 0. The average Bonchev–Trinajstić information content (AvgIpc) is 2.40. The number of hydrogen-bond acceptors (Lipinski definition) is 6. The smallest absolute Gasteiger partial charge is 0.335 e. The van der Waals surface area contributed by atoms with Crippen LogP contribution in [0.15, 0.2) is 30.3 Å². The number of carbonyl (C=O) groups is 1. The molecule has 0 aromatic heterocycles. The molecule has 1 saturated heterocycles. The van der Waals surface area contributed by atoms with Gasteiger partial charge in [0.1, 0.15) is 24.1 Å². The van der Waals surface area contributed by atoms with Gasteiger partial charge in [-0.2, -0.15) is 0 Å². The van der Waals surface area contributed by atoms with E-state index in [1.54, 1.807) is 30.3 Å². The maximum absolute atomic E-state index is 10.9. The average molecular weight is 270 g/mol. The second-order valence-corrected chi connectivity index (χ2v) is 4.17. The maximum atomic E-state index is 10.9. The summed E-state index contributed by atoms with van der Waals surface area (Å²) in [6.07, 6.45) is -7.97. The number of ether oxygens (including phenoxy) is 2. The first-order valence-electron chi connectivity index (χ1n) is 5.65. The van der Waals surface area contributed by atoms with Crippen LogP contribution in [-0.4, -0.2) is 57.1 Å². The van der Waals surface area contributed by atoms with Gasteiger partial charge in [0.15, 0.2) is 6.10 Å². The highest BCUT2D eigenvalue weighted by Crippen LogP contribution is 2.24. The van der Waals surface area contributed by atoms with E-state index in [0.29, 0.717) is 5.75 Å². The summed E-state index contributed by atoms with van der Waals surface area (Å²) in [5, 5.41) is 37.7. The van der Waals surface area contributed by atoms with E-state index in [9.17, 15) is 20.1 Å². The van der Waals surface area contributed by atoms with Crippen molar-refractivity contribution in [3.8, 4) is 5.75 Å². The number of aliphatic carboxylic acids is 1. The van der Waals surface area contributed by atoms with Gasteiger partial charge < -0.3 is 29.9 Å². The van der Waals surface area contributed by atoms with Gasteiger partial charge in [-0.15, -0.1) is 0 Å². The van der Waals surface area contributed by atoms with Crippen molar-refractivity contribution < 1.29 is 34.7 Å². The van der Waals surface area contributed by atoms with Gasteiger partial charge in [-0.05, 0) is 12.1 Å². The van der Waals surface area contributed by atoms with Crippen molar-refractivity contribution in [1.82, 2.24) is 0 Å². The molecule has 0 spiro atoms. The third-order valence-corrected chi connectivity index (χ3v) is 2.81. The third kappa shape index (κ3) is 2.85. The van der Waals surface area contributed by atoms with Crippen LogP contribution < -0.4 is 4.74 Å². The number of aliphatic hydroxyl groups excluding tert-OH is 3. The first kappa shape index (κ1) is 13.8. The molecule has 1 aliphatic rings. The summed E-state index contributed by atoms with van der Waals surface area (Å²) < 4.78 is 10.2. The lowest BCUT2D eigenvalue weighted by Crippen LogP contribution is -2.61. The Morgan fingerprint density at radius 1 is 1.05 bits per heavy atom. The lowest BCUT2D eigenvalue weighted by Gasteiger charge is -2.38. The van der Waals surface area contributed by atoms with E-state index in [1.165, 1.54) is 0 Å². The summed E-state index contributed by atoms with van der Waals surface area (Å²) in [5.41, 5.74) is 0. The monoisotopic (exact) mass is 270 g/mol. The topological polar surface area (TPSA) is 116 Å². The molecule has 7 heteroatoms. The molecule has 0 amide bonds. The van der Waals surface area contributed by atoms with Gasteiger partial charge in [0.2, 0.25) is 6.29 Å². The van der Waals surface area contributed by atoms with E-state index in [1.807, 2.05) is 0 Å². The minimum absolute atomic E-state index is 0.347. The molecule has 1 aliphatic heterocycles. The van der Waals surface area contributed by atoms with E-state index >= 15 is 0 Å². The van der Waals surface area contributed by atoms with Crippen molar-refractivity contribution in [2.24, 2.45) is 0 Å². The molecule has 1 aromatic rings. The van der Waals surface area contributed by atoms with Gasteiger partial charge in [-0.25, -0.2) is 4.79 Å². The standard InChI is InChI=1S/C12H14O7/c13-7-8(14)10(11(16)17)19-12(9(7)15)18-6-4-2-1-3-5-6/h1-5,7-10,12-15H,(H,16,17)/t7?,8-,9?,10?,12-/m1/s1. The summed E-state index contributed by atoms with van der Waals surface area (Å²) >= 11 is 0. The van der Waals surface area contributed by atoms with E-state index in [2.05, 4.69) is 0 Å². The zero-order valence-corrected chi connectivity index (χ0v) is 9.79. The van der Waals surface area contributed by atoms with E-state index in [0.717, 1.165) is 0 Å². The number of para-hydroxylation sites is 1. The van der Waals surface area contributed by atoms with Crippen molar-refractivity contribution >= 4 is 5.97 Å². The van der Waals surface area contributed by atoms with Gasteiger partial charge in [0, 0.05) is 0 Å². The maximum Gasteiger partial charge on any atom is 0.335 e. The van der Waals surface area contributed by atoms with Crippen LogP contribution in [0.4, 0.5) is 0 Å². The zero-order valence-electron chi connectivity index (χ0n) is 9.79. The number of benzene rings is 1. The zero-order chi connectivity index (χ0) is 14.0. The molecule has 2 rings (SSSR count). The second-order valence-electron chi connectivity index (χ2n) is 4.17. The molecular formula is C12H14O7. The van der Waals surface area contributed by atoms with Crippen LogP contribution in [0.3, 0.4) is 0 Å². The second kappa shape index (κ2) is 5.54. The number of carboxylic acid groups (broad SMARTS) is 1. The Morgan fingerprint density at radius 2 is 1.68 bits per heavy atom. The van der Waals surface area contributed by atoms with Crippen LogP contribution in [0.5, 0.6) is 5.75 Å². The quantitative estimate of drug-likeness (QED) is 0.554. The van der Waals surface area contributed by atoms with Crippen LogP contribution >= 0.6 is 0 Å². The Labute approximate surface area is 108 Å².